The number of piperidine rings is 1. The van der Waals surface area contributed by atoms with Gasteiger partial charge in [-0.2, -0.15) is 41.8 Å². The van der Waals surface area contributed by atoms with E-state index >= 15 is 0 Å². The van der Waals surface area contributed by atoms with Gasteiger partial charge in [0.25, 0.3) is 0 Å². The average Bonchev–Trinajstić information content (AvgIpc) is 3.07. The molecule has 0 amide bonds. The number of nitrogens with zero attached hydrogens (tertiary/aromatic N) is 3. The number of H-pyrrole nitrogens is 1. The quantitative estimate of drug-likeness (QED) is 0.812. The molecule has 0 aliphatic carbocycles. The summed E-state index contributed by atoms with van der Waals surface area (Å²) in [6.45, 7) is 0.420. The highest BCUT2D eigenvalue weighted by atomic mass is 19.4. The van der Waals surface area contributed by atoms with Gasteiger partial charge in [0.15, 0.2) is 0 Å². The Morgan fingerprint density at radius 3 is 2.20 bits per heavy atom. The van der Waals surface area contributed by atoms with Crippen LogP contribution in [0.4, 0.5) is 32.0 Å². The van der Waals surface area contributed by atoms with Crippen molar-refractivity contribution in [3.63, 3.8) is 0 Å². The fraction of sp³-hybridized carbons (Fsp3) is 0.467. The number of alkyl halides is 6. The Balaban J connectivity index is 1.88. The van der Waals surface area contributed by atoms with E-state index in [2.05, 4.69) is 15.4 Å². The summed E-state index contributed by atoms with van der Waals surface area (Å²) in [4.78, 5) is 1.36. The van der Waals surface area contributed by atoms with Crippen LogP contribution in [-0.4, -0.2) is 28.5 Å². The average molecular weight is 364 g/mol. The number of aromatic amines is 1. The van der Waals surface area contributed by atoms with Crippen LogP contribution < -0.4 is 4.90 Å². The molecule has 3 rings (SSSR count). The molecular weight excluding hydrogens is 350 g/mol. The Bertz CT molecular complexity index is 715. The maximum Gasteiger partial charge on any atom is 0.418 e. The smallest absolute Gasteiger partial charge is 0.371 e. The van der Waals surface area contributed by atoms with Gasteiger partial charge in [0.05, 0.1) is 23.0 Å². The molecule has 2 aromatic rings. The fourth-order valence-electron chi connectivity index (χ4n) is 3.03. The molecule has 1 aliphatic heterocycles. The summed E-state index contributed by atoms with van der Waals surface area (Å²) in [7, 11) is 0. The summed E-state index contributed by atoms with van der Waals surface area (Å²) in [6.07, 6.45) is -6.90. The number of anilines is 1. The molecule has 1 aromatic heterocycles. The maximum absolute atomic E-state index is 13.2. The molecule has 0 bridgehead atoms. The maximum atomic E-state index is 13.2. The van der Waals surface area contributed by atoms with E-state index in [1.807, 2.05) is 0 Å². The van der Waals surface area contributed by atoms with Gasteiger partial charge in [-0.3, -0.25) is 0 Å². The molecule has 1 fully saturated rings. The van der Waals surface area contributed by atoms with Crippen molar-refractivity contribution < 1.29 is 26.3 Å². The fourth-order valence-corrected chi connectivity index (χ4v) is 3.03. The molecule has 1 N–H and O–H groups in total. The molecule has 136 valence electrons. The molecule has 10 heteroatoms. The molecule has 0 radical (unpaired) electrons. The third kappa shape index (κ3) is 3.72. The molecule has 1 saturated heterocycles. The SMILES string of the molecule is FC(F)(F)c1ccc(C(F)(F)F)c(N2CCC(c3cn[nH]n3)CC2)c1. The number of nitrogens with one attached hydrogen (secondary N) is 1. The largest absolute Gasteiger partial charge is 0.418 e. The van der Waals surface area contributed by atoms with Gasteiger partial charge < -0.3 is 4.90 Å². The number of rotatable bonds is 2. The molecule has 1 aliphatic rings. The topological polar surface area (TPSA) is 44.8 Å². The van der Waals surface area contributed by atoms with Crippen LogP contribution in [0, 0.1) is 0 Å². The Hall–Kier alpha value is -2.26. The summed E-state index contributed by atoms with van der Waals surface area (Å²) in [6, 6.07) is 1.55. The highest BCUT2D eigenvalue weighted by Gasteiger charge is 2.39. The summed E-state index contributed by atoms with van der Waals surface area (Å²) in [5, 5.41) is 10.1. The summed E-state index contributed by atoms with van der Waals surface area (Å²) < 4.78 is 78.3. The molecule has 25 heavy (non-hydrogen) atoms. The minimum atomic E-state index is -4.72. The molecule has 1 aromatic carbocycles. The Kier molecular flexibility index (Phi) is 4.38. The van der Waals surface area contributed by atoms with E-state index in [4.69, 9.17) is 0 Å². The first-order valence-electron chi connectivity index (χ1n) is 7.55. The van der Waals surface area contributed by atoms with Crippen LogP contribution in [0.25, 0.3) is 0 Å². The molecule has 4 nitrogen and oxygen atoms in total. The highest BCUT2D eigenvalue weighted by Crippen LogP contribution is 2.41. The van der Waals surface area contributed by atoms with E-state index in [0.29, 0.717) is 36.7 Å². The Morgan fingerprint density at radius 1 is 1.00 bits per heavy atom. The van der Waals surface area contributed by atoms with E-state index in [1.54, 1.807) is 6.20 Å². The molecule has 0 saturated carbocycles. The van der Waals surface area contributed by atoms with Crippen molar-refractivity contribution in [3.8, 4) is 0 Å². The first-order chi connectivity index (χ1) is 11.7. The molecule has 0 unspecified atom stereocenters. The minimum absolute atomic E-state index is 0.0233. The van der Waals surface area contributed by atoms with Gasteiger partial charge in [-0.1, -0.05) is 0 Å². The summed E-state index contributed by atoms with van der Waals surface area (Å²) >= 11 is 0. The van der Waals surface area contributed by atoms with Crippen LogP contribution in [-0.2, 0) is 12.4 Å². The van der Waals surface area contributed by atoms with E-state index in [-0.39, 0.29) is 19.0 Å². The van der Waals surface area contributed by atoms with Crippen LogP contribution in [0.15, 0.2) is 24.4 Å². The third-order valence-corrected chi connectivity index (χ3v) is 4.32. The number of benzene rings is 1. The lowest BCUT2D eigenvalue weighted by molar-refractivity contribution is -0.141. The van der Waals surface area contributed by atoms with Gasteiger partial charge in [0, 0.05) is 24.7 Å². The van der Waals surface area contributed by atoms with Gasteiger partial charge in [0.2, 0.25) is 0 Å². The van der Waals surface area contributed by atoms with Crippen molar-refractivity contribution >= 4 is 5.69 Å². The second kappa shape index (κ2) is 6.23. The predicted molar refractivity (Wildman–Crippen MR) is 77.0 cm³/mol. The monoisotopic (exact) mass is 364 g/mol. The van der Waals surface area contributed by atoms with Crippen molar-refractivity contribution in [2.75, 3.05) is 18.0 Å². The third-order valence-electron chi connectivity index (χ3n) is 4.32. The van der Waals surface area contributed by atoms with Crippen molar-refractivity contribution in [3.05, 3.63) is 41.2 Å². The van der Waals surface area contributed by atoms with E-state index in [9.17, 15) is 26.3 Å². The van der Waals surface area contributed by atoms with E-state index < -0.39 is 29.2 Å². The second-order valence-electron chi connectivity index (χ2n) is 5.88. The van der Waals surface area contributed by atoms with Crippen LogP contribution in [0.2, 0.25) is 0 Å². The van der Waals surface area contributed by atoms with Gasteiger partial charge in [-0.05, 0) is 31.0 Å². The molecule has 0 spiro atoms. The summed E-state index contributed by atoms with van der Waals surface area (Å²) in [5.74, 6) is 0.0233. The zero-order valence-corrected chi connectivity index (χ0v) is 12.8. The Morgan fingerprint density at radius 2 is 1.68 bits per heavy atom. The predicted octanol–water partition coefficient (Wildman–Crippen LogP) is 4.23. The van der Waals surface area contributed by atoms with Crippen molar-refractivity contribution in [2.24, 2.45) is 0 Å². The van der Waals surface area contributed by atoms with Crippen LogP contribution in [0.1, 0.15) is 35.6 Å². The lowest BCUT2D eigenvalue weighted by Crippen LogP contribution is -2.34. The molecule has 0 atom stereocenters. The van der Waals surface area contributed by atoms with Gasteiger partial charge in [-0.25, -0.2) is 0 Å². The van der Waals surface area contributed by atoms with E-state index in [1.165, 1.54) is 4.90 Å². The van der Waals surface area contributed by atoms with Crippen LogP contribution in [0.3, 0.4) is 0 Å². The van der Waals surface area contributed by atoms with Crippen LogP contribution in [0.5, 0.6) is 0 Å². The molecule has 2 heterocycles. The normalized spacial score (nSPS) is 17.1. The molecular formula is C15H14F6N4. The van der Waals surface area contributed by atoms with Gasteiger partial charge in [-0.15, -0.1) is 0 Å². The van der Waals surface area contributed by atoms with Crippen molar-refractivity contribution in [1.82, 2.24) is 15.4 Å². The zero-order valence-electron chi connectivity index (χ0n) is 12.8. The van der Waals surface area contributed by atoms with Crippen molar-refractivity contribution in [1.29, 1.82) is 0 Å². The first kappa shape index (κ1) is 17.6. The Labute approximate surface area is 138 Å². The standard InChI is InChI=1S/C15H14F6N4/c16-14(17,18)10-1-2-11(15(19,20)21)13(7-10)25-5-3-9(4-6-25)12-8-22-24-23-12/h1-2,7-9H,3-6H2,(H,22,23,24). The zero-order chi connectivity index (χ0) is 18.2. The first-order valence-corrected chi connectivity index (χ1v) is 7.55. The number of hydrogen-bond acceptors (Lipinski definition) is 3. The highest BCUT2D eigenvalue weighted by molar-refractivity contribution is 5.57. The number of hydrogen-bond donors (Lipinski definition) is 1. The number of aromatic nitrogens is 3. The second-order valence-corrected chi connectivity index (χ2v) is 5.88. The summed E-state index contributed by atoms with van der Waals surface area (Å²) in [5.41, 5.74) is -1.87. The van der Waals surface area contributed by atoms with Crippen molar-refractivity contribution in [2.45, 2.75) is 31.1 Å². The van der Waals surface area contributed by atoms with Gasteiger partial charge in [0.1, 0.15) is 0 Å². The lowest BCUT2D eigenvalue weighted by Gasteiger charge is -2.34. The number of halogens is 6. The van der Waals surface area contributed by atoms with E-state index in [0.717, 1.165) is 0 Å². The lowest BCUT2D eigenvalue weighted by atomic mass is 9.93. The minimum Gasteiger partial charge on any atom is -0.371 e. The van der Waals surface area contributed by atoms with Gasteiger partial charge >= 0.3 is 12.4 Å². The van der Waals surface area contributed by atoms with Crippen LogP contribution >= 0.6 is 0 Å².